The maximum absolute atomic E-state index is 11.8. The van der Waals surface area contributed by atoms with Gasteiger partial charge in [0.15, 0.2) is 18.1 Å². The fraction of sp³-hybridized carbons (Fsp3) is 0.263. The van der Waals surface area contributed by atoms with E-state index >= 15 is 0 Å². The number of hydrogen-bond donors (Lipinski definition) is 2. The van der Waals surface area contributed by atoms with Crippen molar-refractivity contribution in [1.29, 1.82) is 0 Å². The first kappa shape index (κ1) is 18.3. The SMILES string of the molecule is CCOc1cc(/C=N\NC(=O)COc2cccc(C)c2C)ccc1O. The molecule has 0 fully saturated rings. The van der Waals surface area contributed by atoms with Gasteiger partial charge in [0.1, 0.15) is 5.75 Å². The third-order valence-electron chi connectivity index (χ3n) is 3.60. The molecular weight excluding hydrogens is 320 g/mol. The number of ether oxygens (including phenoxy) is 2. The summed E-state index contributed by atoms with van der Waals surface area (Å²) in [6.45, 7) is 6.08. The predicted molar refractivity (Wildman–Crippen MR) is 96.4 cm³/mol. The molecule has 2 N–H and O–H groups in total. The first-order valence-corrected chi connectivity index (χ1v) is 7.98. The molecule has 0 radical (unpaired) electrons. The van der Waals surface area contributed by atoms with E-state index in [1.54, 1.807) is 12.1 Å². The molecule has 0 unspecified atom stereocenters. The number of rotatable bonds is 7. The van der Waals surface area contributed by atoms with Crippen LogP contribution in [0.1, 0.15) is 23.6 Å². The molecule has 25 heavy (non-hydrogen) atoms. The molecule has 0 aliphatic carbocycles. The van der Waals surface area contributed by atoms with Crippen LogP contribution in [0.3, 0.4) is 0 Å². The lowest BCUT2D eigenvalue weighted by Gasteiger charge is -2.09. The van der Waals surface area contributed by atoms with Crippen molar-refractivity contribution in [3.05, 3.63) is 53.1 Å². The van der Waals surface area contributed by atoms with Crippen molar-refractivity contribution in [2.24, 2.45) is 5.10 Å². The average Bonchev–Trinajstić information content (AvgIpc) is 2.59. The number of carbonyl (C=O) groups excluding carboxylic acids is 1. The fourth-order valence-corrected chi connectivity index (χ4v) is 2.12. The van der Waals surface area contributed by atoms with Gasteiger partial charge in [-0.25, -0.2) is 5.43 Å². The summed E-state index contributed by atoms with van der Waals surface area (Å²) in [6, 6.07) is 10.5. The standard InChI is InChI=1S/C19H22N2O4/c1-4-24-18-10-15(8-9-16(18)22)11-20-21-19(23)12-25-17-7-5-6-13(2)14(17)3/h5-11,22H,4,12H2,1-3H3,(H,21,23)/b20-11-. The normalized spacial score (nSPS) is 10.7. The lowest BCUT2D eigenvalue weighted by Crippen LogP contribution is -2.24. The maximum Gasteiger partial charge on any atom is 0.277 e. The van der Waals surface area contributed by atoms with E-state index < -0.39 is 0 Å². The van der Waals surface area contributed by atoms with Gasteiger partial charge in [-0.05, 0) is 61.7 Å². The van der Waals surface area contributed by atoms with Crippen LogP contribution in [0, 0.1) is 13.8 Å². The molecule has 0 saturated carbocycles. The molecule has 1 amide bonds. The van der Waals surface area contributed by atoms with Gasteiger partial charge in [-0.2, -0.15) is 5.10 Å². The smallest absolute Gasteiger partial charge is 0.277 e. The summed E-state index contributed by atoms with van der Waals surface area (Å²) >= 11 is 0. The van der Waals surface area contributed by atoms with Gasteiger partial charge in [0, 0.05) is 0 Å². The zero-order valence-electron chi connectivity index (χ0n) is 14.6. The molecule has 132 valence electrons. The van der Waals surface area contributed by atoms with E-state index in [4.69, 9.17) is 9.47 Å². The Morgan fingerprint density at radius 3 is 2.76 bits per heavy atom. The fourth-order valence-electron chi connectivity index (χ4n) is 2.12. The molecule has 0 aliphatic rings. The van der Waals surface area contributed by atoms with Crippen LogP contribution in [0.15, 0.2) is 41.5 Å². The molecule has 0 bridgehead atoms. The van der Waals surface area contributed by atoms with Crippen LogP contribution < -0.4 is 14.9 Å². The van der Waals surface area contributed by atoms with E-state index in [1.165, 1.54) is 12.3 Å². The van der Waals surface area contributed by atoms with Crippen molar-refractivity contribution >= 4 is 12.1 Å². The highest BCUT2D eigenvalue weighted by atomic mass is 16.5. The van der Waals surface area contributed by atoms with Gasteiger partial charge in [0.2, 0.25) is 0 Å². The van der Waals surface area contributed by atoms with E-state index in [2.05, 4.69) is 10.5 Å². The molecule has 2 rings (SSSR count). The van der Waals surface area contributed by atoms with Crippen LogP contribution in [0.25, 0.3) is 0 Å². The number of hydrazone groups is 1. The van der Waals surface area contributed by atoms with E-state index in [9.17, 15) is 9.90 Å². The minimum Gasteiger partial charge on any atom is -0.504 e. The van der Waals surface area contributed by atoms with Crippen LogP contribution in [-0.2, 0) is 4.79 Å². The topological polar surface area (TPSA) is 80.2 Å². The maximum atomic E-state index is 11.8. The highest BCUT2D eigenvalue weighted by Crippen LogP contribution is 2.26. The number of nitrogens with zero attached hydrogens (tertiary/aromatic N) is 1. The molecular formula is C19H22N2O4. The Bertz CT molecular complexity index is 772. The van der Waals surface area contributed by atoms with E-state index in [1.807, 2.05) is 39.0 Å². The van der Waals surface area contributed by atoms with Gasteiger partial charge >= 0.3 is 0 Å². The second-order valence-corrected chi connectivity index (χ2v) is 5.44. The van der Waals surface area contributed by atoms with Crippen molar-refractivity contribution in [3.63, 3.8) is 0 Å². The number of phenols is 1. The number of amides is 1. The van der Waals surface area contributed by atoms with E-state index in [-0.39, 0.29) is 18.3 Å². The molecule has 0 saturated heterocycles. The Balaban J connectivity index is 1.88. The Morgan fingerprint density at radius 2 is 2.00 bits per heavy atom. The second-order valence-electron chi connectivity index (χ2n) is 5.44. The molecule has 0 heterocycles. The van der Waals surface area contributed by atoms with Gasteiger partial charge in [0.25, 0.3) is 5.91 Å². The van der Waals surface area contributed by atoms with Crippen molar-refractivity contribution in [1.82, 2.24) is 5.43 Å². The monoisotopic (exact) mass is 342 g/mol. The highest BCUT2D eigenvalue weighted by molar-refractivity contribution is 5.83. The zero-order valence-corrected chi connectivity index (χ0v) is 14.6. The number of hydrogen-bond acceptors (Lipinski definition) is 5. The highest BCUT2D eigenvalue weighted by Gasteiger charge is 2.06. The summed E-state index contributed by atoms with van der Waals surface area (Å²) < 4.78 is 10.8. The molecule has 0 spiro atoms. The first-order valence-electron chi connectivity index (χ1n) is 7.98. The quantitative estimate of drug-likeness (QED) is 0.599. The number of aryl methyl sites for hydroxylation is 1. The lowest BCUT2D eigenvalue weighted by molar-refractivity contribution is -0.123. The average molecular weight is 342 g/mol. The third-order valence-corrected chi connectivity index (χ3v) is 3.60. The summed E-state index contributed by atoms with van der Waals surface area (Å²) in [7, 11) is 0. The van der Waals surface area contributed by atoms with Gasteiger partial charge in [-0.3, -0.25) is 4.79 Å². The molecule has 6 heteroatoms. The summed E-state index contributed by atoms with van der Waals surface area (Å²) in [5, 5.41) is 13.5. The first-order chi connectivity index (χ1) is 12.0. The Kier molecular flexibility index (Phi) is 6.39. The van der Waals surface area contributed by atoms with Gasteiger partial charge in [-0.1, -0.05) is 12.1 Å². The minimum atomic E-state index is -0.360. The second kappa shape index (κ2) is 8.73. The summed E-state index contributed by atoms with van der Waals surface area (Å²) in [6.07, 6.45) is 1.47. The Hall–Kier alpha value is -3.02. The third kappa shape index (κ3) is 5.24. The van der Waals surface area contributed by atoms with Gasteiger partial charge < -0.3 is 14.6 Å². The van der Waals surface area contributed by atoms with Crippen molar-refractivity contribution < 1.29 is 19.4 Å². The number of carbonyl (C=O) groups is 1. The summed E-state index contributed by atoms with van der Waals surface area (Å²) in [5.74, 6) is 0.751. The number of phenolic OH excluding ortho intramolecular Hbond substituents is 1. The predicted octanol–water partition coefficient (Wildman–Crippen LogP) is 2.94. The number of nitrogens with one attached hydrogen (secondary N) is 1. The van der Waals surface area contributed by atoms with Crippen molar-refractivity contribution in [2.75, 3.05) is 13.2 Å². The summed E-state index contributed by atoms with van der Waals surface area (Å²) in [5.41, 5.74) is 5.21. The summed E-state index contributed by atoms with van der Waals surface area (Å²) in [4.78, 5) is 11.8. The van der Waals surface area contributed by atoms with Crippen molar-refractivity contribution in [3.8, 4) is 17.2 Å². The van der Waals surface area contributed by atoms with Gasteiger partial charge in [0.05, 0.1) is 12.8 Å². The molecule has 0 atom stereocenters. The Morgan fingerprint density at radius 1 is 1.20 bits per heavy atom. The molecule has 2 aromatic carbocycles. The zero-order chi connectivity index (χ0) is 18.2. The van der Waals surface area contributed by atoms with E-state index in [0.29, 0.717) is 23.7 Å². The number of aromatic hydroxyl groups is 1. The molecule has 6 nitrogen and oxygen atoms in total. The van der Waals surface area contributed by atoms with E-state index in [0.717, 1.165) is 11.1 Å². The largest absolute Gasteiger partial charge is 0.504 e. The van der Waals surface area contributed by atoms with Crippen LogP contribution in [-0.4, -0.2) is 30.4 Å². The lowest BCUT2D eigenvalue weighted by atomic mass is 10.1. The van der Waals surface area contributed by atoms with Crippen molar-refractivity contribution in [2.45, 2.75) is 20.8 Å². The van der Waals surface area contributed by atoms with Crippen LogP contribution in [0.4, 0.5) is 0 Å². The number of benzene rings is 2. The molecule has 0 aliphatic heterocycles. The Labute approximate surface area is 147 Å². The van der Waals surface area contributed by atoms with Crippen LogP contribution >= 0.6 is 0 Å². The minimum absolute atomic E-state index is 0.0601. The van der Waals surface area contributed by atoms with Crippen LogP contribution in [0.5, 0.6) is 17.2 Å². The van der Waals surface area contributed by atoms with Crippen LogP contribution in [0.2, 0.25) is 0 Å². The molecule has 2 aromatic rings. The molecule has 0 aromatic heterocycles. The van der Waals surface area contributed by atoms with Gasteiger partial charge in [-0.15, -0.1) is 0 Å².